The van der Waals surface area contributed by atoms with Gasteiger partial charge in [0, 0.05) is 11.1 Å². The highest BCUT2D eigenvalue weighted by atomic mass is 32.1. The molecule has 4 aromatic rings. The second kappa shape index (κ2) is 6.62. The highest BCUT2D eigenvalue weighted by Crippen LogP contribution is 2.43. The number of benzene rings is 2. The molecule has 0 amide bonds. The molecular weight excluding hydrogens is 401 g/mol. The first-order valence-corrected chi connectivity index (χ1v) is 10.3. The predicted octanol–water partition coefficient (Wildman–Crippen LogP) is 4.51. The molecule has 3 N–H and O–H groups in total. The van der Waals surface area contributed by atoms with Crippen LogP contribution in [0.2, 0.25) is 0 Å². The molecule has 0 spiro atoms. The minimum Gasteiger partial charge on any atom is -0.390 e. The van der Waals surface area contributed by atoms with E-state index < -0.39 is 5.60 Å². The molecule has 0 unspecified atom stereocenters. The van der Waals surface area contributed by atoms with Gasteiger partial charge in [0.1, 0.15) is 34.0 Å². The molecule has 0 saturated heterocycles. The molecule has 2 aromatic carbocycles. The Kier molecular flexibility index (Phi) is 4.13. The van der Waals surface area contributed by atoms with Crippen LogP contribution in [0.25, 0.3) is 32.0 Å². The summed E-state index contributed by atoms with van der Waals surface area (Å²) in [7, 11) is 0. The molecule has 1 fully saturated rings. The Balaban J connectivity index is 1.57. The van der Waals surface area contributed by atoms with E-state index in [2.05, 4.69) is 16.2 Å². The van der Waals surface area contributed by atoms with Crippen molar-refractivity contribution in [2.45, 2.75) is 31.4 Å². The van der Waals surface area contributed by atoms with E-state index in [9.17, 15) is 14.8 Å². The molecule has 8 heteroatoms. The van der Waals surface area contributed by atoms with Gasteiger partial charge in [-0.05, 0) is 44.0 Å². The molecule has 30 heavy (non-hydrogen) atoms. The van der Waals surface area contributed by atoms with Crippen LogP contribution in [-0.2, 0) is 0 Å². The summed E-state index contributed by atoms with van der Waals surface area (Å²) in [5.74, 6) is -0.00938. The number of anilines is 1. The topological polar surface area (TPSA) is 101 Å². The van der Waals surface area contributed by atoms with E-state index in [4.69, 9.17) is 5.73 Å². The molecule has 1 aliphatic carbocycles. The van der Waals surface area contributed by atoms with Crippen molar-refractivity contribution in [2.24, 2.45) is 0 Å². The second-order valence-corrected chi connectivity index (χ2v) is 8.94. The second-order valence-electron chi connectivity index (χ2n) is 7.91. The minimum atomic E-state index is -0.724. The third kappa shape index (κ3) is 2.95. The lowest BCUT2D eigenvalue weighted by atomic mass is 9.77. The maximum absolute atomic E-state index is 14.1. The fourth-order valence-electron chi connectivity index (χ4n) is 3.99. The molecule has 5 rings (SSSR count). The summed E-state index contributed by atoms with van der Waals surface area (Å²) in [5, 5.41) is 24.9. The van der Waals surface area contributed by atoms with Crippen LogP contribution in [0, 0.1) is 17.1 Å². The molecular formula is C22H18FN5OS. The monoisotopic (exact) mass is 419 g/mol. The fourth-order valence-corrected chi connectivity index (χ4v) is 4.96. The van der Waals surface area contributed by atoms with Gasteiger partial charge in [-0.3, -0.25) is 0 Å². The number of aromatic nitrogens is 3. The van der Waals surface area contributed by atoms with Crippen molar-refractivity contribution in [3.8, 4) is 27.9 Å². The van der Waals surface area contributed by atoms with Gasteiger partial charge in [-0.1, -0.05) is 18.2 Å². The number of fused-ring (bicyclic) bond motifs is 1. The molecule has 1 saturated carbocycles. The smallest absolute Gasteiger partial charge is 0.140 e. The zero-order valence-electron chi connectivity index (χ0n) is 16.1. The van der Waals surface area contributed by atoms with Crippen LogP contribution in [0.15, 0.2) is 42.5 Å². The van der Waals surface area contributed by atoms with Crippen LogP contribution in [-0.4, -0.2) is 25.5 Å². The maximum atomic E-state index is 14.1. The van der Waals surface area contributed by atoms with Gasteiger partial charge in [0.05, 0.1) is 21.9 Å². The molecule has 2 aromatic heterocycles. The number of hydrogen-bond acceptors (Lipinski definition) is 6. The van der Waals surface area contributed by atoms with Gasteiger partial charge in [-0.15, -0.1) is 11.3 Å². The third-order valence-electron chi connectivity index (χ3n) is 5.52. The highest BCUT2D eigenvalue weighted by molar-refractivity contribution is 7.21. The molecule has 0 bridgehead atoms. The summed E-state index contributed by atoms with van der Waals surface area (Å²) in [6.07, 6.45) is 1.08. The summed E-state index contributed by atoms with van der Waals surface area (Å²) in [4.78, 5) is 4.59. The Morgan fingerprint density at radius 3 is 2.77 bits per heavy atom. The lowest BCUT2D eigenvalue weighted by Crippen LogP contribution is -2.42. The highest BCUT2D eigenvalue weighted by Gasteiger charge is 2.41. The van der Waals surface area contributed by atoms with Crippen molar-refractivity contribution in [1.82, 2.24) is 14.8 Å². The molecule has 0 aliphatic heterocycles. The first-order chi connectivity index (χ1) is 14.4. The van der Waals surface area contributed by atoms with Crippen molar-refractivity contribution in [1.29, 1.82) is 5.26 Å². The molecule has 0 radical (unpaired) electrons. The minimum absolute atomic E-state index is 0.0310. The number of nitrogen functional groups attached to an aromatic ring is 1. The van der Waals surface area contributed by atoms with Crippen molar-refractivity contribution >= 4 is 27.4 Å². The van der Waals surface area contributed by atoms with Gasteiger partial charge in [0.15, 0.2) is 0 Å². The van der Waals surface area contributed by atoms with E-state index in [0.717, 1.165) is 10.3 Å². The largest absolute Gasteiger partial charge is 0.390 e. The van der Waals surface area contributed by atoms with Crippen LogP contribution in [0.3, 0.4) is 0 Å². The Bertz CT molecular complexity index is 1330. The lowest BCUT2D eigenvalue weighted by molar-refractivity contribution is -0.0535. The average Bonchev–Trinajstić information content (AvgIpc) is 3.26. The van der Waals surface area contributed by atoms with Crippen LogP contribution in [0.1, 0.15) is 31.4 Å². The molecule has 2 heterocycles. The van der Waals surface area contributed by atoms with E-state index in [0.29, 0.717) is 46.0 Å². The van der Waals surface area contributed by atoms with Crippen LogP contribution >= 0.6 is 11.3 Å². The zero-order chi connectivity index (χ0) is 21.0. The number of nitriles is 1. The average molecular weight is 419 g/mol. The van der Waals surface area contributed by atoms with Crippen molar-refractivity contribution in [3.05, 3.63) is 53.8 Å². The van der Waals surface area contributed by atoms with E-state index >= 15 is 0 Å². The Morgan fingerprint density at radius 2 is 2.07 bits per heavy atom. The molecule has 6 nitrogen and oxygen atoms in total. The van der Waals surface area contributed by atoms with E-state index in [-0.39, 0.29) is 11.9 Å². The zero-order valence-corrected chi connectivity index (χ0v) is 16.9. The lowest BCUT2D eigenvalue weighted by Gasteiger charge is -2.41. The number of aliphatic hydroxyl groups is 1. The van der Waals surface area contributed by atoms with Crippen LogP contribution in [0.5, 0.6) is 0 Å². The van der Waals surface area contributed by atoms with Gasteiger partial charge in [0.25, 0.3) is 0 Å². The van der Waals surface area contributed by atoms with Crippen LogP contribution < -0.4 is 5.73 Å². The number of thiazole rings is 1. The third-order valence-corrected chi connectivity index (χ3v) is 6.59. The predicted molar refractivity (Wildman–Crippen MR) is 114 cm³/mol. The summed E-state index contributed by atoms with van der Waals surface area (Å²) in [5.41, 5.74) is 8.17. The molecule has 1 aliphatic rings. The van der Waals surface area contributed by atoms with Crippen molar-refractivity contribution in [2.75, 3.05) is 5.73 Å². The van der Waals surface area contributed by atoms with Gasteiger partial charge < -0.3 is 10.8 Å². The Hall–Kier alpha value is -3.28. The SMILES string of the molecule is CC1(O)CC(n2nc(-c3ccc4sc(-c5ccccc5F)nc4c3)c(C#N)c2N)C1. The Labute approximate surface area is 176 Å². The van der Waals surface area contributed by atoms with E-state index in [1.165, 1.54) is 17.4 Å². The first-order valence-electron chi connectivity index (χ1n) is 9.52. The maximum Gasteiger partial charge on any atom is 0.140 e. The fraction of sp³-hybridized carbons (Fsp3) is 0.227. The van der Waals surface area contributed by atoms with Gasteiger partial charge >= 0.3 is 0 Å². The number of hydrogen-bond donors (Lipinski definition) is 2. The summed E-state index contributed by atoms with van der Waals surface area (Å²) < 4.78 is 16.7. The quantitative estimate of drug-likeness (QED) is 0.509. The van der Waals surface area contributed by atoms with Crippen molar-refractivity contribution in [3.63, 3.8) is 0 Å². The van der Waals surface area contributed by atoms with Gasteiger partial charge in [0.2, 0.25) is 0 Å². The van der Waals surface area contributed by atoms with Gasteiger partial charge in [-0.2, -0.15) is 10.4 Å². The summed E-state index contributed by atoms with van der Waals surface area (Å²) in [6, 6.07) is 14.3. The van der Waals surface area contributed by atoms with E-state index in [1.54, 1.807) is 29.8 Å². The number of rotatable bonds is 3. The van der Waals surface area contributed by atoms with Gasteiger partial charge in [-0.25, -0.2) is 14.1 Å². The van der Waals surface area contributed by atoms with Crippen LogP contribution in [0.4, 0.5) is 10.2 Å². The molecule has 0 atom stereocenters. The molecule has 150 valence electrons. The number of halogens is 1. The standard InChI is InChI=1S/C22H18FN5OS/c1-22(29)9-13(10-22)28-20(25)15(11-24)19(27-28)12-6-7-18-17(8-12)26-21(30-18)14-4-2-3-5-16(14)23/h2-8,13,29H,9-10,25H2,1H3. The summed E-state index contributed by atoms with van der Waals surface area (Å²) in [6.45, 7) is 1.78. The van der Waals surface area contributed by atoms with Crippen molar-refractivity contribution < 1.29 is 9.50 Å². The Morgan fingerprint density at radius 1 is 1.30 bits per heavy atom. The summed E-state index contributed by atoms with van der Waals surface area (Å²) >= 11 is 1.41. The number of nitrogens with zero attached hydrogens (tertiary/aromatic N) is 4. The number of nitrogens with two attached hydrogens (primary N) is 1. The van der Waals surface area contributed by atoms with E-state index in [1.807, 2.05) is 18.2 Å². The normalized spacial score (nSPS) is 20.8. The first kappa shape index (κ1) is 18.7.